The summed E-state index contributed by atoms with van der Waals surface area (Å²) >= 11 is 0. The van der Waals surface area contributed by atoms with E-state index in [4.69, 9.17) is 0 Å². The van der Waals surface area contributed by atoms with E-state index >= 15 is 0 Å². The van der Waals surface area contributed by atoms with Gasteiger partial charge >= 0.3 is 0 Å². The highest BCUT2D eigenvalue weighted by molar-refractivity contribution is 5.82. The first-order valence-corrected chi connectivity index (χ1v) is 3.87. The molecule has 0 aliphatic heterocycles. The fourth-order valence-corrected chi connectivity index (χ4v) is 0.786. The number of carbonyl (C=O) groups is 2. The van der Waals surface area contributed by atoms with Crippen LogP contribution in [0.15, 0.2) is 0 Å². The highest BCUT2D eigenvalue weighted by Crippen LogP contribution is 2.29. The van der Waals surface area contributed by atoms with Crippen molar-refractivity contribution >= 4 is 12.1 Å². The largest absolute Gasteiger partial charge is 0.303 e. The van der Waals surface area contributed by atoms with Gasteiger partial charge in [-0.15, -0.1) is 0 Å². The standard InChI is InChI=1S/C9H16O2/c1-7(5-6-10)9(3,4)8(2)11/h6-7H,5H2,1-4H3/t7-/m0/s1. The number of rotatable bonds is 4. The molecule has 0 aliphatic rings. The minimum absolute atomic E-state index is 0.137. The molecule has 64 valence electrons. The van der Waals surface area contributed by atoms with Crippen LogP contribution in [0.3, 0.4) is 0 Å². The van der Waals surface area contributed by atoms with E-state index in [0.29, 0.717) is 6.42 Å². The van der Waals surface area contributed by atoms with Gasteiger partial charge in [-0.25, -0.2) is 0 Å². The Morgan fingerprint density at radius 1 is 1.55 bits per heavy atom. The summed E-state index contributed by atoms with van der Waals surface area (Å²) in [6.45, 7) is 7.25. The average molecular weight is 156 g/mol. The molecule has 0 unspecified atom stereocenters. The van der Waals surface area contributed by atoms with Crippen molar-refractivity contribution in [2.75, 3.05) is 0 Å². The predicted octanol–water partition coefficient (Wildman–Crippen LogP) is 1.83. The molecule has 0 N–H and O–H groups in total. The van der Waals surface area contributed by atoms with Gasteiger partial charge in [0.25, 0.3) is 0 Å². The quantitative estimate of drug-likeness (QED) is 0.582. The van der Waals surface area contributed by atoms with Crippen LogP contribution in [0.25, 0.3) is 0 Å². The molecule has 0 aromatic heterocycles. The van der Waals surface area contributed by atoms with E-state index < -0.39 is 0 Å². The SMILES string of the molecule is CC(=O)C(C)(C)[C@@H](C)CC=O. The summed E-state index contributed by atoms with van der Waals surface area (Å²) in [5, 5.41) is 0. The first kappa shape index (κ1) is 10.3. The normalized spacial score (nSPS) is 14.2. The second-order valence-corrected chi connectivity index (χ2v) is 3.58. The van der Waals surface area contributed by atoms with Gasteiger partial charge in [-0.2, -0.15) is 0 Å². The van der Waals surface area contributed by atoms with E-state index in [1.807, 2.05) is 20.8 Å². The monoisotopic (exact) mass is 156 g/mol. The molecule has 0 saturated heterocycles. The molecule has 0 spiro atoms. The van der Waals surface area contributed by atoms with E-state index in [1.54, 1.807) is 6.92 Å². The Morgan fingerprint density at radius 2 is 2.00 bits per heavy atom. The summed E-state index contributed by atoms with van der Waals surface area (Å²) < 4.78 is 0. The zero-order chi connectivity index (χ0) is 9.07. The van der Waals surface area contributed by atoms with Gasteiger partial charge in [0.2, 0.25) is 0 Å². The second kappa shape index (κ2) is 3.65. The molecule has 0 amide bonds. The van der Waals surface area contributed by atoms with Gasteiger partial charge in [0, 0.05) is 11.8 Å². The molecule has 0 heterocycles. The molecular weight excluding hydrogens is 140 g/mol. The van der Waals surface area contributed by atoms with Crippen molar-refractivity contribution in [3.8, 4) is 0 Å². The highest BCUT2D eigenvalue weighted by Gasteiger charge is 2.29. The third-order valence-electron chi connectivity index (χ3n) is 2.59. The fraction of sp³-hybridized carbons (Fsp3) is 0.778. The first-order chi connectivity index (χ1) is 4.92. The van der Waals surface area contributed by atoms with Gasteiger partial charge in [-0.3, -0.25) is 4.79 Å². The van der Waals surface area contributed by atoms with Crippen molar-refractivity contribution < 1.29 is 9.59 Å². The van der Waals surface area contributed by atoms with E-state index in [9.17, 15) is 9.59 Å². The lowest BCUT2D eigenvalue weighted by Crippen LogP contribution is -2.29. The lowest BCUT2D eigenvalue weighted by molar-refractivity contribution is -0.127. The van der Waals surface area contributed by atoms with Crippen LogP contribution in [-0.2, 0) is 9.59 Å². The van der Waals surface area contributed by atoms with Gasteiger partial charge < -0.3 is 4.79 Å². The Kier molecular flexibility index (Phi) is 3.43. The van der Waals surface area contributed by atoms with Crippen molar-refractivity contribution in [2.45, 2.75) is 34.1 Å². The molecule has 2 nitrogen and oxygen atoms in total. The molecule has 0 aromatic carbocycles. The second-order valence-electron chi connectivity index (χ2n) is 3.58. The predicted molar refractivity (Wildman–Crippen MR) is 44.3 cm³/mol. The molecule has 2 heteroatoms. The first-order valence-electron chi connectivity index (χ1n) is 3.87. The van der Waals surface area contributed by atoms with Crippen molar-refractivity contribution in [3.63, 3.8) is 0 Å². The minimum Gasteiger partial charge on any atom is -0.303 e. The van der Waals surface area contributed by atoms with Crippen LogP contribution < -0.4 is 0 Å². The summed E-state index contributed by atoms with van der Waals surface area (Å²) in [5.41, 5.74) is -0.360. The molecule has 0 fully saturated rings. The molecule has 1 atom stereocenters. The lowest BCUT2D eigenvalue weighted by atomic mass is 9.75. The number of ketones is 1. The van der Waals surface area contributed by atoms with Crippen LogP contribution >= 0.6 is 0 Å². The summed E-state index contributed by atoms with van der Waals surface area (Å²) in [4.78, 5) is 21.2. The molecule has 0 aromatic rings. The lowest BCUT2D eigenvalue weighted by Gasteiger charge is -2.27. The maximum Gasteiger partial charge on any atom is 0.135 e. The maximum absolute atomic E-state index is 11.1. The molecule has 0 saturated carbocycles. The number of aldehydes is 1. The van der Waals surface area contributed by atoms with Gasteiger partial charge in [-0.1, -0.05) is 20.8 Å². The molecule has 0 aliphatic carbocycles. The van der Waals surface area contributed by atoms with E-state index in [1.165, 1.54) is 0 Å². The number of Topliss-reactive ketones (excluding diaryl/α,β-unsaturated/α-hetero) is 1. The smallest absolute Gasteiger partial charge is 0.135 e. The summed E-state index contributed by atoms with van der Waals surface area (Å²) in [7, 11) is 0. The number of hydrogen-bond acceptors (Lipinski definition) is 2. The molecule has 0 bridgehead atoms. The van der Waals surface area contributed by atoms with E-state index in [-0.39, 0.29) is 17.1 Å². The zero-order valence-electron chi connectivity index (χ0n) is 7.68. The minimum atomic E-state index is -0.360. The van der Waals surface area contributed by atoms with Crippen LogP contribution in [0.5, 0.6) is 0 Å². The third-order valence-corrected chi connectivity index (χ3v) is 2.59. The Morgan fingerprint density at radius 3 is 2.27 bits per heavy atom. The molecular formula is C9H16O2. The maximum atomic E-state index is 11.1. The number of carbonyl (C=O) groups excluding carboxylic acids is 2. The fourth-order valence-electron chi connectivity index (χ4n) is 0.786. The Bertz CT molecular complexity index is 159. The topological polar surface area (TPSA) is 34.1 Å². The summed E-state index contributed by atoms with van der Waals surface area (Å²) in [6.07, 6.45) is 1.34. The summed E-state index contributed by atoms with van der Waals surface area (Å²) in [6, 6.07) is 0. The zero-order valence-corrected chi connectivity index (χ0v) is 7.68. The molecule has 0 rings (SSSR count). The van der Waals surface area contributed by atoms with Gasteiger partial charge in [0.05, 0.1) is 0 Å². The van der Waals surface area contributed by atoms with Gasteiger partial charge in [-0.05, 0) is 12.8 Å². The Hall–Kier alpha value is -0.660. The highest BCUT2D eigenvalue weighted by atomic mass is 16.1. The van der Waals surface area contributed by atoms with Gasteiger partial charge in [0.15, 0.2) is 0 Å². The van der Waals surface area contributed by atoms with Crippen LogP contribution in [0, 0.1) is 11.3 Å². The number of hydrogen-bond donors (Lipinski definition) is 0. The average Bonchev–Trinajstić information content (AvgIpc) is 1.88. The van der Waals surface area contributed by atoms with Crippen LogP contribution in [0.4, 0.5) is 0 Å². The third kappa shape index (κ3) is 2.45. The van der Waals surface area contributed by atoms with Crippen LogP contribution in [-0.4, -0.2) is 12.1 Å². The van der Waals surface area contributed by atoms with Gasteiger partial charge in [0.1, 0.15) is 12.1 Å². The van der Waals surface area contributed by atoms with E-state index in [2.05, 4.69) is 0 Å². The van der Waals surface area contributed by atoms with E-state index in [0.717, 1.165) is 6.29 Å². The van der Waals surface area contributed by atoms with Crippen molar-refractivity contribution in [2.24, 2.45) is 11.3 Å². The molecule has 0 radical (unpaired) electrons. The van der Waals surface area contributed by atoms with Crippen LogP contribution in [0.2, 0.25) is 0 Å². The molecule has 11 heavy (non-hydrogen) atoms. The Labute approximate surface area is 68.0 Å². The van der Waals surface area contributed by atoms with Crippen molar-refractivity contribution in [3.05, 3.63) is 0 Å². The Balaban J connectivity index is 4.28. The van der Waals surface area contributed by atoms with Crippen molar-refractivity contribution in [1.29, 1.82) is 0 Å². The van der Waals surface area contributed by atoms with Crippen molar-refractivity contribution in [1.82, 2.24) is 0 Å². The van der Waals surface area contributed by atoms with Crippen LogP contribution in [0.1, 0.15) is 34.1 Å². The summed E-state index contributed by atoms with van der Waals surface area (Å²) in [5.74, 6) is 0.282.